The molecule has 0 unspecified atom stereocenters. The van der Waals surface area contributed by atoms with Crippen LogP contribution in [0, 0.1) is 28.6 Å². The van der Waals surface area contributed by atoms with E-state index in [0.717, 1.165) is 19.3 Å². The second-order valence-electron chi connectivity index (χ2n) is 8.85. The van der Waals surface area contributed by atoms with Gasteiger partial charge in [0.05, 0.1) is 12.2 Å². The first-order valence-electron chi connectivity index (χ1n) is 9.07. The SMILES string of the molecule is C[C@]12C[C@H](O)[C@H]3[C@@H](CCC4=CCCC[C@@]43C)[C@@H]1C[C@@H](F)[C@@H]2O. The van der Waals surface area contributed by atoms with Crippen LogP contribution in [0.1, 0.15) is 58.8 Å². The van der Waals surface area contributed by atoms with Gasteiger partial charge in [-0.3, -0.25) is 0 Å². The third kappa shape index (κ3) is 1.78. The lowest BCUT2D eigenvalue weighted by Gasteiger charge is -2.59. The summed E-state index contributed by atoms with van der Waals surface area (Å²) in [4.78, 5) is 0. The summed E-state index contributed by atoms with van der Waals surface area (Å²) in [7, 11) is 0. The molecule has 0 aromatic carbocycles. The zero-order valence-corrected chi connectivity index (χ0v) is 13.8. The van der Waals surface area contributed by atoms with Crippen LogP contribution in [-0.2, 0) is 0 Å². The first-order valence-corrected chi connectivity index (χ1v) is 9.07. The van der Waals surface area contributed by atoms with E-state index in [0.29, 0.717) is 18.8 Å². The van der Waals surface area contributed by atoms with E-state index in [2.05, 4.69) is 13.0 Å². The van der Waals surface area contributed by atoms with Crippen molar-refractivity contribution in [2.45, 2.75) is 77.2 Å². The predicted octanol–water partition coefficient (Wildman–Crippen LogP) is 3.62. The Morgan fingerprint density at radius 1 is 1.27 bits per heavy atom. The first-order chi connectivity index (χ1) is 10.4. The molecule has 2 nitrogen and oxygen atoms in total. The molecule has 4 aliphatic carbocycles. The standard InChI is InChI=1S/C19H29FO2/c1-18-8-4-3-5-11(18)6-7-12-13-9-14(20)17(22)19(13,2)10-15(21)16(12)18/h5,12-17,21-22H,3-4,6-10H2,1-2H3/t12-,13-,14+,15-,16+,17-,18-,19-/m0/s1. The highest BCUT2D eigenvalue weighted by atomic mass is 19.1. The van der Waals surface area contributed by atoms with Crippen molar-refractivity contribution in [3.63, 3.8) is 0 Å². The fourth-order valence-electron chi connectivity index (χ4n) is 6.83. The van der Waals surface area contributed by atoms with Crippen LogP contribution in [0.25, 0.3) is 0 Å². The Hall–Kier alpha value is -0.410. The Labute approximate surface area is 132 Å². The van der Waals surface area contributed by atoms with Crippen LogP contribution in [0.5, 0.6) is 0 Å². The third-order valence-corrected chi connectivity index (χ3v) is 7.89. The van der Waals surface area contributed by atoms with Crippen LogP contribution in [-0.4, -0.2) is 28.6 Å². The van der Waals surface area contributed by atoms with E-state index in [1.165, 1.54) is 18.4 Å². The number of aliphatic hydroxyl groups is 2. The lowest BCUT2D eigenvalue weighted by molar-refractivity contribution is -0.141. The van der Waals surface area contributed by atoms with Gasteiger partial charge in [-0.15, -0.1) is 0 Å². The third-order valence-electron chi connectivity index (χ3n) is 7.89. The van der Waals surface area contributed by atoms with Gasteiger partial charge in [0.25, 0.3) is 0 Å². The molecule has 0 heterocycles. The summed E-state index contributed by atoms with van der Waals surface area (Å²) >= 11 is 0. The van der Waals surface area contributed by atoms with Gasteiger partial charge >= 0.3 is 0 Å². The van der Waals surface area contributed by atoms with Gasteiger partial charge in [0.1, 0.15) is 6.17 Å². The molecule has 0 aliphatic heterocycles. The monoisotopic (exact) mass is 308 g/mol. The van der Waals surface area contributed by atoms with E-state index < -0.39 is 23.8 Å². The summed E-state index contributed by atoms with van der Waals surface area (Å²) in [5.74, 6) is 0.846. The van der Waals surface area contributed by atoms with Gasteiger partial charge in [-0.2, -0.15) is 0 Å². The van der Waals surface area contributed by atoms with Crippen LogP contribution < -0.4 is 0 Å². The van der Waals surface area contributed by atoms with Crippen LogP contribution in [0.3, 0.4) is 0 Å². The summed E-state index contributed by atoms with van der Waals surface area (Å²) in [6, 6.07) is 0. The fourth-order valence-corrected chi connectivity index (χ4v) is 6.83. The highest BCUT2D eigenvalue weighted by molar-refractivity contribution is 5.25. The Bertz CT molecular complexity index is 504. The molecule has 124 valence electrons. The molecule has 8 atom stereocenters. The number of allylic oxidation sites excluding steroid dienone is 2. The predicted molar refractivity (Wildman–Crippen MR) is 84.0 cm³/mol. The van der Waals surface area contributed by atoms with Gasteiger partial charge < -0.3 is 10.2 Å². The van der Waals surface area contributed by atoms with Crippen molar-refractivity contribution in [2.75, 3.05) is 0 Å². The number of aliphatic hydroxyl groups excluding tert-OH is 2. The highest BCUT2D eigenvalue weighted by Gasteiger charge is 2.63. The number of rotatable bonds is 0. The lowest BCUT2D eigenvalue weighted by atomic mass is 9.46. The molecule has 22 heavy (non-hydrogen) atoms. The zero-order valence-electron chi connectivity index (χ0n) is 13.8. The molecule has 2 N–H and O–H groups in total. The number of hydrogen-bond donors (Lipinski definition) is 2. The summed E-state index contributed by atoms with van der Waals surface area (Å²) < 4.78 is 14.2. The van der Waals surface area contributed by atoms with E-state index in [1.807, 2.05) is 6.92 Å². The number of halogens is 1. The maximum atomic E-state index is 14.2. The van der Waals surface area contributed by atoms with Crippen LogP contribution in [0.15, 0.2) is 11.6 Å². The second kappa shape index (κ2) is 4.80. The summed E-state index contributed by atoms with van der Waals surface area (Å²) in [6.07, 6.45) is 6.72. The Balaban J connectivity index is 1.74. The zero-order chi connectivity index (χ0) is 15.7. The topological polar surface area (TPSA) is 40.5 Å². The second-order valence-corrected chi connectivity index (χ2v) is 8.85. The molecule has 3 saturated carbocycles. The number of fused-ring (bicyclic) bond motifs is 5. The molecule has 4 rings (SSSR count). The van der Waals surface area contributed by atoms with Gasteiger partial charge in [0, 0.05) is 5.41 Å². The first kappa shape index (κ1) is 15.1. The van der Waals surface area contributed by atoms with Crippen molar-refractivity contribution >= 4 is 0 Å². The minimum atomic E-state index is -1.11. The van der Waals surface area contributed by atoms with E-state index in [4.69, 9.17) is 0 Å². The van der Waals surface area contributed by atoms with Crippen molar-refractivity contribution in [2.24, 2.45) is 28.6 Å². The maximum Gasteiger partial charge on any atom is 0.127 e. The number of hydrogen-bond acceptors (Lipinski definition) is 2. The Morgan fingerprint density at radius 3 is 2.82 bits per heavy atom. The van der Waals surface area contributed by atoms with E-state index in [1.54, 1.807) is 0 Å². The van der Waals surface area contributed by atoms with Crippen molar-refractivity contribution in [3.8, 4) is 0 Å². The van der Waals surface area contributed by atoms with Gasteiger partial charge in [-0.25, -0.2) is 4.39 Å². The minimum Gasteiger partial charge on any atom is -0.393 e. The van der Waals surface area contributed by atoms with Crippen molar-refractivity contribution in [3.05, 3.63) is 11.6 Å². The Morgan fingerprint density at radius 2 is 2.05 bits per heavy atom. The Kier molecular flexibility index (Phi) is 3.30. The molecular formula is C19H29FO2. The van der Waals surface area contributed by atoms with Crippen molar-refractivity contribution in [1.82, 2.24) is 0 Å². The summed E-state index contributed by atoms with van der Waals surface area (Å²) in [5, 5.41) is 21.3. The average Bonchev–Trinajstić information content (AvgIpc) is 2.70. The van der Waals surface area contributed by atoms with Crippen LogP contribution >= 0.6 is 0 Å². The summed E-state index contributed by atoms with van der Waals surface area (Å²) in [6.45, 7) is 4.34. The average molecular weight is 308 g/mol. The molecule has 4 aliphatic rings. The quantitative estimate of drug-likeness (QED) is 0.671. The molecule has 3 fully saturated rings. The van der Waals surface area contributed by atoms with Crippen molar-refractivity contribution in [1.29, 1.82) is 0 Å². The van der Waals surface area contributed by atoms with Gasteiger partial charge in [-0.05, 0) is 68.1 Å². The summed E-state index contributed by atoms with van der Waals surface area (Å²) in [5.41, 5.74) is 1.20. The van der Waals surface area contributed by atoms with Crippen LogP contribution in [0.4, 0.5) is 4.39 Å². The van der Waals surface area contributed by atoms with Gasteiger partial charge in [0.15, 0.2) is 0 Å². The molecule has 0 saturated heterocycles. The van der Waals surface area contributed by atoms with E-state index in [9.17, 15) is 14.6 Å². The van der Waals surface area contributed by atoms with Gasteiger partial charge in [-0.1, -0.05) is 25.5 Å². The molecule has 0 aromatic rings. The minimum absolute atomic E-state index is 0.0985. The molecule has 0 radical (unpaired) electrons. The van der Waals surface area contributed by atoms with E-state index >= 15 is 0 Å². The molecule has 0 spiro atoms. The maximum absolute atomic E-state index is 14.2. The smallest absolute Gasteiger partial charge is 0.127 e. The molecule has 0 amide bonds. The van der Waals surface area contributed by atoms with Crippen molar-refractivity contribution < 1.29 is 14.6 Å². The molecule has 0 aromatic heterocycles. The molecule has 0 bridgehead atoms. The molecule has 3 heteroatoms. The van der Waals surface area contributed by atoms with E-state index in [-0.39, 0.29) is 17.3 Å². The van der Waals surface area contributed by atoms with Crippen LogP contribution in [0.2, 0.25) is 0 Å². The van der Waals surface area contributed by atoms with Gasteiger partial charge in [0.2, 0.25) is 0 Å². The largest absolute Gasteiger partial charge is 0.393 e. The molecular weight excluding hydrogens is 279 g/mol. The number of alkyl halides is 1. The highest BCUT2D eigenvalue weighted by Crippen LogP contribution is 2.65. The fraction of sp³-hybridized carbons (Fsp3) is 0.895. The normalized spacial score (nSPS) is 57.6. The lowest BCUT2D eigenvalue weighted by Crippen LogP contribution is -2.57.